The normalized spacial score (nSPS) is 16.0. The van der Waals surface area contributed by atoms with Crippen molar-refractivity contribution < 1.29 is 28.6 Å². The molecule has 1 heterocycles. The molecule has 1 aliphatic rings. The maximum absolute atomic E-state index is 13.5. The van der Waals surface area contributed by atoms with Crippen LogP contribution in [0.15, 0.2) is 41.3 Å². The first kappa shape index (κ1) is 23.1. The number of amides is 1. The molecule has 1 atom stereocenters. The average molecular weight is 482 g/mol. The van der Waals surface area contributed by atoms with Crippen molar-refractivity contribution in [1.29, 1.82) is 0 Å². The van der Waals surface area contributed by atoms with Gasteiger partial charge in [0.1, 0.15) is 5.82 Å². The highest BCUT2D eigenvalue weighted by Crippen LogP contribution is 2.38. The molecular weight excluding hydrogens is 465 g/mol. The minimum absolute atomic E-state index is 0.109. The van der Waals surface area contributed by atoms with Crippen molar-refractivity contribution in [3.8, 4) is 11.5 Å². The van der Waals surface area contributed by atoms with Crippen LogP contribution in [0.4, 0.5) is 10.1 Å². The summed E-state index contributed by atoms with van der Waals surface area (Å²) in [5, 5.41) is 9.08. The first-order valence-corrected chi connectivity index (χ1v) is 10.7. The number of ether oxygens (including phenoxy) is 2. The molecule has 0 radical (unpaired) electrons. The van der Waals surface area contributed by atoms with Crippen molar-refractivity contribution in [2.45, 2.75) is 19.4 Å². The minimum atomic E-state index is -1.07. The lowest BCUT2D eigenvalue weighted by Gasteiger charge is -2.16. The summed E-state index contributed by atoms with van der Waals surface area (Å²) in [6, 6.07) is 8.82. The Kier molecular flexibility index (Phi) is 7.19. The second-order valence-electron chi connectivity index (χ2n) is 6.38. The van der Waals surface area contributed by atoms with Crippen molar-refractivity contribution in [1.82, 2.24) is 0 Å². The van der Waals surface area contributed by atoms with Gasteiger partial charge in [-0.25, -0.2) is 9.18 Å². The van der Waals surface area contributed by atoms with Gasteiger partial charge in [-0.1, -0.05) is 48.6 Å². The van der Waals surface area contributed by atoms with Crippen LogP contribution >= 0.6 is 35.6 Å². The van der Waals surface area contributed by atoms with Gasteiger partial charge in [-0.05, 0) is 48.4 Å². The van der Waals surface area contributed by atoms with Gasteiger partial charge in [0.25, 0.3) is 5.91 Å². The fourth-order valence-corrected chi connectivity index (χ4v) is 4.27. The zero-order valence-corrected chi connectivity index (χ0v) is 18.8. The van der Waals surface area contributed by atoms with E-state index in [1.807, 2.05) is 0 Å². The van der Waals surface area contributed by atoms with Gasteiger partial charge in [-0.15, -0.1) is 0 Å². The second-order valence-corrected chi connectivity index (χ2v) is 8.46. The Morgan fingerprint density at radius 3 is 2.68 bits per heavy atom. The molecule has 1 fully saturated rings. The van der Waals surface area contributed by atoms with E-state index in [9.17, 15) is 19.1 Å². The number of anilines is 1. The molecule has 0 bridgehead atoms. The van der Waals surface area contributed by atoms with Gasteiger partial charge in [0.15, 0.2) is 21.9 Å². The molecule has 2 aromatic rings. The molecule has 31 heavy (non-hydrogen) atoms. The molecule has 10 heteroatoms. The lowest BCUT2D eigenvalue weighted by Crippen LogP contribution is -2.27. The molecule has 1 aliphatic heterocycles. The Balaban J connectivity index is 1.87. The number of carbonyl (C=O) groups excluding carboxylic acids is 1. The van der Waals surface area contributed by atoms with E-state index in [4.69, 9.17) is 33.3 Å². The Morgan fingerprint density at radius 1 is 1.32 bits per heavy atom. The first-order chi connectivity index (χ1) is 14.7. The van der Waals surface area contributed by atoms with E-state index in [-0.39, 0.29) is 27.4 Å². The second kappa shape index (κ2) is 9.67. The molecule has 0 aliphatic carbocycles. The number of benzene rings is 2. The number of rotatable bonds is 7. The molecule has 1 amide bonds. The van der Waals surface area contributed by atoms with Gasteiger partial charge in [0, 0.05) is 0 Å². The van der Waals surface area contributed by atoms with Gasteiger partial charge in [0.2, 0.25) is 0 Å². The van der Waals surface area contributed by atoms with Gasteiger partial charge >= 0.3 is 5.97 Å². The summed E-state index contributed by atoms with van der Waals surface area (Å²) in [6.45, 7) is 1.70. The molecule has 1 N–H and O–H groups in total. The molecule has 0 spiro atoms. The molecule has 3 rings (SSSR count). The van der Waals surface area contributed by atoms with Gasteiger partial charge in [0.05, 0.1) is 22.7 Å². The third kappa shape index (κ3) is 5.00. The third-order valence-corrected chi connectivity index (χ3v) is 5.95. The topological polar surface area (TPSA) is 76.1 Å². The Labute approximate surface area is 192 Å². The number of hydrogen-bond acceptors (Lipinski definition) is 6. The zero-order chi connectivity index (χ0) is 22.7. The molecular formula is C21H17ClFNO5S2. The fraction of sp³-hybridized carbons (Fsp3) is 0.190. The number of methoxy groups -OCH3 is 1. The minimum Gasteiger partial charge on any atom is -0.493 e. The average Bonchev–Trinajstić information content (AvgIpc) is 3.01. The lowest BCUT2D eigenvalue weighted by atomic mass is 10.1. The molecule has 6 nitrogen and oxygen atoms in total. The number of hydrogen-bond donors (Lipinski definition) is 1. The predicted molar refractivity (Wildman–Crippen MR) is 122 cm³/mol. The SMILES string of the molecule is CCC(Oc1ccc(/C=C2/SC(=S)N(c3ccc(F)c(Cl)c3)C2=O)cc1OC)C(=O)O. The van der Waals surface area contributed by atoms with E-state index in [0.29, 0.717) is 21.9 Å². The largest absolute Gasteiger partial charge is 0.493 e. The lowest BCUT2D eigenvalue weighted by molar-refractivity contribution is -0.145. The van der Waals surface area contributed by atoms with Crippen molar-refractivity contribution >= 4 is 63.5 Å². The van der Waals surface area contributed by atoms with Crippen molar-refractivity contribution in [2.75, 3.05) is 12.0 Å². The van der Waals surface area contributed by atoms with Gasteiger partial charge in [-0.3, -0.25) is 9.69 Å². The number of carbonyl (C=O) groups is 2. The first-order valence-electron chi connectivity index (χ1n) is 9.05. The number of thiocarbonyl (C=S) groups is 1. The highest BCUT2D eigenvalue weighted by molar-refractivity contribution is 8.27. The van der Waals surface area contributed by atoms with Crippen LogP contribution in [-0.4, -0.2) is 34.5 Å². The molecule has 2 aromatic carbocycles. The Bertz CT molecular complexity index is 1090. The highest BCUT2D eigenvalue weighted by Gasteiger charge is 2.33. The maximum Gasteiger partial charge on any atom is 0.344 e. The summed E-state index contributed by atoms with van der Waals surface area (Å²) < 4.78 is 24.6. The van der Waals surface area contributed by atoms with Crippen LogP contribution in [0.3, 0.4) is 0 Å². The number of aliphatic carboxylic acids is 1. The zero-order valence-electron chi connectivity index (χ0n) is 16.4. The number of carboxylic acids is 1. The summed E-state index contributed by atoms with van der Waals surface area (Å²) >= 11 is 12.2. The molecule has 1 unspecified atom stereocenters. The summed E-state index contributed by atoms with van der Waals surface area (Å²) in [6.07, 6.45) is 0.917. The molecule has 1 saturated heterocycles. The monoisotopic (exact) mass is 481 g/mol. The van der Waals surface area contributed by atoms with Crippen molar-refractivity contribution in [3.05, 3.63) is 57.7 Å². The maximum atomic E-state index is 13.5. The number of carboxylic acid groups (broad SMARTS) is 1. The highest BCUT2D eigenvalue weighted by atomic mass is 35.5. The van der Waals surface area contributed by atoms with Crippen molar-refractivity contribution in [3.63, 3.8) is 0 Å². The Morgan fingerprint density at radius 2 is 2.06 bits per heavy atom. The fourth-order valence-electron chi connectivity index (χ4n) is 2.80. The summed E-state index contributed by atoms with van der Waals surface area (Å²) in [4.78, 5) is 25.8. The molecule has 0 saturated carbocycles. The van der Waals surface area contributed by atoms with Crippen LogP contribution in [0.2, 0.25) is 5.02 Å². The Hall–Kier alpha value is -2.62. The molecule has 162 valence electrons. The van der Waals surface area contributed by atoms with Crippen LogP contribution in [0, 0.1) is 5.82 Å². The molecule has 0 aromatic heterocycles. The van der Waals surface area contributed by atoms with Crippen molar-refractivity contribution in [2.24, 2.45) is 0 Å². The summed E-state index contributed by atoms with van der Waals surface area (Å²) in [5.74, 6) is -1.42. The van der Waals surface area contributed by atoms with Crippen LogP contribution in [0.25, 0.3) is 6.08 Å². The van der Waals surface area contributed by atoms with E-state index in [2.05, 4.69) is 0 Å². The van der Waals surface area contributed by atoms with Crippen LogP contribution in [0.5, 0.6) is 11.5 Å². The van der Waals surface area contributed by atoms with Crippen LogP contribution in [-0.2, 0) is 9.59 Å². The predicted octanol–water partition coefficient (Wildman–Crippen LogP) is 5.14. The van der Waals surface area contributed by atoms with E-state index in [1.165, 1.54) is 30.2 Å². The number of halogens is 2. The third-order valence-electron chi connectivity index (χ3n) is 4.36. The standard InChI is InChI=1S/C21H17ClFNO5S2/c1-3-15(20(26)27)29-16-7-4-11(8-17(16)28-2)9-18-19(25)24(21(30)31-18)12-5-6-14(23)13(22)10-12/h4-10,15H,3H2,1-2H3,(H,26,27)/b18-9+. The van der Waals surface area contributed by atoms with E-state index >= 15 is 0 Å². The van der Waals surface area contributed by atoms with Crippen LogP contribution in [0.1, 0.15) is 18.9 Å². The smallest absolute Gasteiger partial charge is 0.344 e. The van der Waals surface area contributed by atoms with Crippen LogP contribution < -0.4 is 14.4 Å². The quantitative estimate of drug-likeness (QED) is 0.433. The number of nitrogens with zero attached hydrogens (tertiary/aromatic N) is 1. The van der Waals surface area contributed by atoms with E-state index < -0.39 is 17.9 Å². The van der Waals surface area contributed by atoms with Gasteiger partial charge in [-0.2, -0.15) is 0 Å². The van der Waals surface area contributed by atoms with E-state index in [0.717, 1.165) is 11.8 Å². The summed E-state index contributed by atoms with van der Waals surface area (Å²) in [7, 11) is 1.44. The van der Waals surface area contributed by atoms with E-state index in [1.54, 1.807) is 31.2 Å². The number of thioether (sulfide) groups is 1. The van der Waals surface area contributed by atoms with Gasteiger partial charge < -0.3 is 14.6 Å². The summed E-state index contributed by atoms with van der Waals surface area (Å²) in [5.41, 5.74) is 1.00.